The molecule has 2 rings (SSSR count). The first-order valence-corrected chi connectivity index (χ1v) is 8.49. The fraction of sp³-hybridized carbons (Fsp3) is 0.250. The standard InChI is InChI=1S/C16H17ClO3S/c1-12-5-10-16(21(18,19)20)14(11-12)4-2-3-13-6-8-15(17)9-7-13/h5-11H,2-4H2,1H3,(H,18,19,20). The van der Waals surface area contributed by atoms with Crippen LogP contribution in [0.3, 0.4) is 0 Å². The van der Waals surface area contributed by atoms with Crippen LogP contribution in [0.5, 0.6) is 0 Å². The number of benzene rings is 2. The molecule has 0 radical (unpaired) electrons. The first kappa shape index (κ1) is 16.0. The van der Waals surface area contributed by atoms with Crippen LogP contribution in [0, 0.1) is 6.92 Å². The van der Waals surface area contributed by atoms with Crippen LogP contribution in [-0.4, -0.2) is 13.0 Å². The predicted molar refractivity (Wildman–Crippen MR) is 84.5 cm³/mol. The van der Waals surface area contributed by atoms with E-state index in [1.165, 1.54) is 6.07 Å². The Balaban J connectivity index is 2.09. The fourth-order valence-electron chi connectivity index (χ4n) is 2.29. The second kappa shape index (κ2) is 6.60. The number of aryl methyl sites for hydroxylation is 3. The van der Waals surface area contributed by atoms with E-state index in [9.17, 15) is 13.0 Å². The second-order valence-electron chi connectivity index (χ2n) is 5.07. The molecule has 0 aromatic heterocycles. The van der Waals surface area contributed by atoms with Crippen molar-refractivity contribution in [1.82, 2.24) is 0 Å². The summed E-state index contributed by atoms with van der Waals surface area (Å²) >= 11 is 5.84. The Morgan fingerprint density at radius 1 is 1.05 bits per heavy atom. The quantitative estimate of drug-likeness (QED) is 0.843. The van der Waals surface area contributed by atoms with E-state index in [2.05, 4.69) is 0 Å². The van der Waals surface area contributed by atoms with Crippen molar-refractivity contribution in [3.05, 3.63) is 64.2 Å². The van der Waals surface area contributed by atoms with Crippen LogP contribution < -0.4 is 0 Å². The Labute approximate surface area is 130 Å². The van der Waals surface area contributed by atoms with Gasteiger partial charge in [-0.3, -0.25) is 4.55 Å². The Hall–Kier alpha value is -1.36. The molecule has 0 unspecified atom stereocenters. The number of hydrogen-bond acceptors (Lipinski definition) is 2. The van der Waals surface area contributed by atoms with E-state index < -0.39 is 10.1 Å². The first-order valence-electron chi connectivity index (χ1n) is 6.68. The van der Waals surface area contributed by atoms with E-state index in [1.807, 2.05) is 37.3 Å². The summed E-state index contributed by atoms with van der Waals surface area (Å²) in [5.41, 5.74) is 2.79. The van der Waals surface area contributed by atoms with Gasteiger partial charge in [-0.25, -0.2) is 0 Å². The third-order valence-corrected chi connectivity index (χ3v) is 4.52. The molecule has 2 aromatic carbocycles. The maximum Gasteiger partial charge on any atom is 0.294 e. The molecule has 3 nitrogen and oxygen atoms in total. The lowest BCUT2D eigenvalue weighted by molar-refractivity contribution is 0.482. The SMILES string of the molecule is Cc1ccc(S(=O)(=O)O)c(CCCc2ccc(Cl)cc2)c1. The number of halogens is 1. The Bertz CT molecular complexity index is 722. The van der Waals surface area contributed by atoms with Gasteiger partial charge in [0.05, 0.1) is 4.90 Å². The largest absolute Gasteiger partial charge is 0.294 e. The van der Waals surface area contributed by atoms with Crippen LogP contribution in [0.25, 0.3) is 0 Å². The van der Waals surface area contributed by atoms with Gasteiger partial charge in [0.15, 0.2) is 0 Å². The minimum absolute atomic E-state index is 0.00389. The van der Waals surface area contributed by atoms with Gasteiger partial charge in [-0.1, -0.05) is 41.4 Å². The number of hydrogen-bond donors (Lipinski definition) is 1. The van der Waals surface area contributed by atoms with E-state index in [0.29, 0.717) is 17.0 Å². The summed E-state index contributed by atoms with van der Waals surface area (Å²) in [7, 11) is -4.17. The normalized spacial score (nSPS) is 11.6. The monoisotopic (exact) mass is 324 g/mol. The molecule has 0 atom stereocenters. The summed E-state index contributed by atoms with van der Waals surface area (Å²) in [4.78, 5) is 0.00389. The van der Waals surface area contributed by atoms with Gasteiger partial charge in [0, 0.05) is 5.02 Å². The highest BCUT2D eigenvalue weighted by Gasteiger charge is 2.14. The summed E-state index contributed by atoms with van der Waals surface area (Å²) in [6.45, 7) is 1.90. The third kappa shape index (κ3) is 4.56. The topological polar surface area (TPSA) is 54.4 Å². The van der Waals surface area contributed by atoms with Crippen molar-refractivity contribution in [3.8, 4) is 0 Å². The molecule has 0 bridgehead atoms. The van der Waals surface area contributed by atoms with Crippen molar-refractivity contribution >= 4 is 21.7 Å². The lowest BCUT2D eigenvalue weighted by Crippen LogP contribution is -2.04. The molecule has 0 aliphatic carbocycles. The van der Waals surface area contributed by atoms with E-state index in [4.69, 9.17) is 11.6 Å². The highest BCUT2D eigenvalue weighted by molar-refractivity contribution is 7.85. The molecule has 0 aliphatic rings. The molecule has 0 fully saturated rings. The Morgan fingerprint density at radius 3 is 2.33 bits per heavy atom. The van der Waals surface area contributed by atoms with Crippen molar-refractivity contribution in [3.63, 3.8) is 0 Å². The van der Waals surface area contributed by atoms with Gasteiger partial charge in [0.25, 0.3) is 10.1 Å². The average Bonchev–Trinajstić information content (AvgIpc) is 2.40. The average molecular weight is 325 g/mol. The minimum Gasteiger partial charge on any atom is -0.282 e. The Morgan fingerprint density at radius 2 is 1.71 bits per heavy atom. The van der Waals surface area contributed by atoms with Gasteiger partial charge >= 0.3 is 0 Å². The third-order valence-electron chi connectivity index (χ3n) is 3.32. The summed E-state index contributed by atoms with van der Waals surface area (Å²) in [6.07, 6.45) is 2.23. The van der Waals surface area contributed by atoms with E-state index in [1.54, 1.807) is 6.07 Å². The molecule has 0 saturated carbocycles. The molecule has 21 heavy (non-hydrogen) atoms. The smallest absolute Gasteiger partial charge is 0.282 e. The van der Waals surface area contributed by atoms with Gasteiger partial charge in [-0.05, 0) is 55.5 Å². The van der Waals surface area contributed by atoms with Gasteiger partial charge < -0.3 is 0 Å². The van der Waals surface area contributed by atoms with Crippen molar-refractivity contribution in [2.24, 2.45) is 0 Å². The zero-order valence-electron chi connectivity index (χ0n) is 11.7. The van der Waals surface area contributed by atoms with Crippen molar-refractivity contribution < 1.29 is 13.0 Å². The van der Waals surface area contributed by atoms with Crippen molar-refractivity contribution in [2.75, 3.05) is 0 Å². The van der Waals surface area contributed by atoms with Crippen LogP contribution in [-0.2, 0) is 23.0 Å². The summed E-state index contributed by atoms with van der Waals surface area (Å²) in [6, 6.07) is 12.6. The molecular weight excluding hydrogens is 308 g/mol. The van der Waals surface area contributed by atoms with E-state index >= 15 is 0 Å². The molecule has 112 valence electrons. The molecule has 0 spiro atoms. The maximum atomic E-state index is 11.4. The van der Waals surface area contributed by atoms with E-state index in [-0.39, 0.29) is 4.90 Å². The van der Waals surface area contributed by atoms with Gasteiger partial charge in [0.1, 0.15) is 0 Å². The van der Waals surface area contributed by atoms with Crippen molar-refractivity contribution in [2.45, 2.75) is 31.1 Å². The predicted octanol–water partition coefficient (Wildman–Crippen LogP) is 4.07. The van der Waals surface area contributed by atoms with Crippen LogP contribution in [0.2, 0.25) is 5.02 Å². The molecule has 5 heteroatoms. The van der Waals surface area contributed by atoms with E-state index in [0.717, 1.165) is 24.0 Å². The molecule has 2 aromatic rings. The van der Waals surface area contributed by atoms with Gasteiger partial charge in [-0.15, -0.1) is 0 Å². The van der Waals surface area contributed by atoms with Crippen LogP contribution >= 0.6 is 11.6 Å². The maximum absolute atomic E-state index is 11.4. The summed E-state index contributed by atoms with van der Waals surface area (Å²) < 4.78 is 32.0. The lowest BCUT2D eigenvalue weighted by atomic mass is 10.0. The Kier molecular flexibility index (Phi) is 5.04. The number of rotatable bonds is 5. The van der Waals surface area contributed by atoms with Crippen LogP contribution in [0.15, 0.2) is 47.4 Å². The summed E-state index contributed by atoms with van der Waals surface area (Å²) in [5, 5.41) is 0.700. The summed E-state index contributed by atoms with van der Waals surface area (Å²) in [5.74, 6) is 0. The second-order valence-corrected chi connectivity index (χ2v) is 6.89. The zero-order valence-corrected chi connectivity index (χ0v) is 13.3. The highest BCUT2D eigenvalue weighted by Crippen LogP contribution is 2.20. The lowest BCUT2D eigenvalue weighted by Gasteiger charge is -2.08. The van der Waals surface area contributed by atoms with Crippen LogP contribution in [0.1, 0.15) is 23.1 Å². The molecule has 0 aliphatic heterocycles. The molecule has 1 N–H and O–H groups in total. The van der Waals surface area contributed by atoms with Crippen LogP contribution in [0.4, 0.5) is 0 Å². The minimum atomic E-state index is -4.17. The molecular formula is C16H17ClO3S. The molecule has 0 heterocycles. The van der Waals surface area contributed by atoms with Crippen molar-refractivity contribution in [1.29, 1.82) is 0 Å². The fourth-order valence-corrected chi connectivity index (χ4v) is 3.15. The zero-order chi connectivity index (χ0) is 15.5. The first-order chi connectivity index (χ1) is 9.86. The highest BCUT2D eigenvalue weighted by atomic mass is 35.5. The molecule has 0 saturated heterocycles. The van der Waals surface area contributed by atoms with Gasteiger partial charge in [0.2, 0.25) is 0 Å². The molecule has 0 amide bonds. The van der Waals surface area contributed by atoms with Gasteiger partial charge in [-0.2, -0.15) is 8.42 Å².